The molecule has 1 fully saturated rings. The Morgan fingerprint density at radius 3 is 2.41 bits per heavy atom. The van der Waals surface area contributed by atoms with Crippen LogP contribution in [0.25, 0.3) is 0 Å². The van der Waals surface area contributed by atoms with E-state index < -0.39 is 5.97 Å². The molecule has 0 bridgehead atoms. The molecular formula is C20H23N3O4. The number of methoxy groups -OCH3 is 1. The molecule has 2 aromatic rings. The molecule has 0 unspecified atom stereocenters. The molecule has 0 radical (unpaired) electrons. The van der Waals surface area contributed by atoms with Gasteiger partial charge in [0.25, 0.3) is 0 Å². The number of hydrogen-bond donors (Lipinski definition) is 1. The molecule has 0 aliphatic carbocycles. The van der Waals surface area contributed by atoms with Gasteiger partial charge in [0.2, 0.25) is 5.91 Å². The maximum absolute atomic E-state index is 12.5. The summed E-state index contributed by atoms with van der Waals surface area (Å²) in [6, 6.07) is 10.9. The van der Waals surface area contributed by atoms with Gasteiger partial charge in [-0.3, -0.25) is 9.78 Å². The molecule has 1 saturated heterocycles. The molecule has 1 aromatic heterocycles. The number of rotatable bonds is 6. The normalized spacial score (nSPS) is 14.5. The van der Waals surface area contributed by atoms with Crippen LogP contribution in [0.2, 0.25) is 0 Å². The number of esters is 1. The van der Waals surface area contributed by atoms with Gasteiger partial charge in [-0.05, 0) is 49.2 Å². The summed E-state index contributed by atoms with van der Waals surface area (Å²) in [4.78, 5) is 29.9. The van der Waals surface area contributed by atoms with Crippen LogP contribution in [-0.4, -0.2) is 43.7 Å². The Morgan fingerprint density at radius 1 is 1.11 bits per heavy atom. The molecule has 27 heavy (non-hydrogen) atoms. The Morgan fingerprint density at radius 2 is 1.78 bits per heavy atom. The van der Waals surface area contributed by atoms with E-state index in [4.69, 9.17) is 4.74 Å². The van der Waals surface area contributed by atoms with Crippen LogP contribution in [0.1, 0.15) is 12.8 Å². The van der Waals surface area contributed by atoms with E-state index >= 15 is 0 Å². The molecule has 0 atom stereocenters. The molecule has 1 amide bonds. The highest BCUT2D eigenvalue weighted by atomic mass is 16.6. The molecule has 0 spiro atoms. The van der Waals surface area contributed by atoms with E-state index in [0.717, 1.165) is 31.6 Å². The SMILES string of the molecule is COC(=O)COc1ccc(NC(=O)C2CCN(c3ccncc3)CC2)cc1. The van der Waals surface area contributed by atoms with Crippen molar-refractivity contribution in [2.45, 2.75) is 12.8 Å². The summed E-state index contributed by atoms with van der Waals surface area (Å²) in [7, 11) is 1.31. The first kappa shape index (κ1) is 18.7. The fraction of sp³-hybridized carbons (Fsp3) is 0.350. The Kier molecular flexibility index (Phi) is 6.25. The molecule has 7 heteroatoms. The van der Waals surface area contributed by atoms with E-state index in [0.29, 0.717) is 11.4 Å². The van der Waals surface area contributed by atoms with Gasteiger partial charge >= 0.3 is 5.97 Å². The summed E-state index contributed by atoms with van der Waals surface area (Å²) in [5.41, 5.74) is 1.85. The summed E-state index contributed by atoms with van der Waals surface area (Å²) in [5.74, 6) is 0.139. The molecule has 3 rings (SSSR count). The first-order chi connectivity index (χ1) is 13.2. The number of nitrogens with one attached hydrogen (secondary N) is 1. The monoisotopic (exact) mass is 369 g/mol. The third-order valence-electron chi connectivity index (χ3n) is 4.60. The number of anilines is 2. The molecule has 1 aliphatic rings. The summed E-state index contributed by atoms with van der Waals surface area (Å²) < 4.78 is 9.82. The molecule has 0 saturated carbocycles. The second-order valence-electron chi connectivity index (χ2n) is 6.35. The van der Waals surface area contributed by atoms with Gasteiger partial charge in [0.1, 0.15) is 5.75 Å². The standard InChI is InChI=1S/C20H23N3O4/c1-26-19(24)14-27-18-4-2-16(3-5-18)22-20(25)15-8-12-23(13-9-15)17-6-10-21-11-7-17/h2-7,10-11,15H,8-9,12-14H2,1H3,(H,22,25). The number of nitrogens with zero attached hydrogens (tertiary/aromatic N) is 2. The quantitative estimate of drug-likeness (QED) is 0.788. The third kappa shape index (κ3) is 5.20. The van der Waals surface area contributed by atoms with Crippen LogP contribution in [0.3, 0.4) is 0 Å². The zero-order chi connectivity index (χ0) is 19.1. The predicted molar refractivity (Wildman–Crippen MR) is 102 cm³/mol. The van der Waals surface area contributed by atoms with Crippen LogP contribution < -0.4 is 15.0 Å². The predicted octanol–water partition coefficient (Wildman–Crippen LogP) is 2.49. The van der Waals surface area contributed by atoms with Crippen molar-refractivity contribution in [1.29, 1.82) is 0 Å². The lowest BCUT2D eigenvalue weighted by atomic mass is 9.95. The molecule has 7 nitrogen and oxygen atoms in total. The van der Waals surface area contributed by atoms with E-state index in [9.17, 15) is 9.59 Å². The lowest BCUT2D eigenvalue weighted by molar-refractivity contribution is -0.142. The number of carbonyl (C=O) groups is 2. The summed E-state index contributed by atoms with van der Waals surface area (Å²) in [6.07, 6.45) is 5.20. The van der Waals surface area contributed by atoms with Crippen molar-refractivity contribution >= 4 is 23.3 Å². The number of amides is 1. The topological polar surface area (TPSA) is 80.8 Å². The highest BCUT2D eigenvalue weighted by Gasteiger charge is 2.25. The van der Waals surface area contributed by atoms with Crippen LogP contribution in [0.15, 0.2) is 48.8 Å². The van der Waals surface area contributed by atoms with Crippen LogP contribution >= 0.6 is 0 Å². The van der Waals surface area contributed by atoms with E-state index in [2.05, 4.69) is 19.9 Å². The first-order valence-corrected chi connectivity index (χ1v) is 8.91. The highest BCUT2D eigenvalue weighted by Crippen LogP contribution is 2.24. The van der Waals surface area contributed by atoms with Crippen molar-refractivity contribution in [3.63, 3.8) is 0 Å². The molecule has 142 valence electrons. The number of aromatic nitrogens is 1. The van der Waals surface area contributed by atoms with Gasteiger partial charge in [0.15, 0.2) is 6.61 Å². The smallest absolute Gasteiger partial charge is 0.343 e. The summed E-state index contributed by atoms with van der Waals surface area (Å²) in [6.45, 7) is 1.56. The minimum atomic E-state index is -0.439. The second kappa shape index (κ2) is 9.02. The maximum atomic E-state index is 12.5. The number of pyridine rings is 1. The largest absolute Gasteiger partial charge is 0.482 e. The van der Waals surface area contributed by atoms with Crippen molar-refractivity contribution in [2.75, 3.05) is 37.0 Å². The average Bonchev–Trinajstić information content (AvgIpc) is 2.73. The third-order valence-corrected chi connectivity index (χ3v) is 4.60. The van der Waals surface area contributed by atoms with Crippen molar-refractivity contribution in [1.82, 2.24) is 4.98 Å². The van der Waals surface area contributed by atoms with Crippen LogP contribution in [0.5, 0.6) is 5.75 Å². The van der Waals surface area contributed by atoms with Gasteiger partial charge < -0.3 is 19.7 Å². The summed E-state index contributed by atoms with van der Waals surface area (Å²) in [5, 5.41) is 2.95. The van der Waals surface area contributed by atoms with Crippen LogP contribution in [0, 0.1) is 5.92 Å². The van der Waals surface area contributed by atoms with Crippen molar-refractivity contribution in [3.05, 3.63) is 48.8 Å². The molecular weight excluding hydrogens is 346 g/mol. The highest BCUT2D eigenvalue weighted by molar-refractivity contribution is 5.92. The Bertz CT molecular complexity index is 757. The number of piperidine rings is 1. The van der Waals surface area contributed by atoms with Gasteiger partial charge in [-0.1, -0.05) is 0 Å². The fourth-order valence-corrected chi connectivity index (χ4v) is 3.03. The maximum Gasteiger partial charge on any atom is 0.343 e. The van der Waals surface area contributed by atoms with E-state index in [1.54, 1.807) is 36.7 Å². The van der Waals surface area contributed by atoms with Gasteiger partial charge in [0, 0.05) is 42.8 Å². The molecule has 1 N–H and O–H groups in total. The van der Waals surface area contributed by atoms with Crippen molar-refractivity contribution in [3.8, 4) is 5.75 Å². The molecule has 2 heterocycles. The minimum Gasteiger partial charge on any atom is -0.482 e. The number of carbonyl (C=O) groups excluding carboxylic acids is 2. The molecule has 1 aromatic carbocycles. The summed E-state index contributed by atoms with van der Waals surface area (Å²) >= 11 is 0. The van der Waals surface area contributed by atoms with Gasteiger partial charge in [-0.25, -0.2) is 4.79 Å². The van der Waals surface area contributed by atoms with Crippen molar-refractivity contribution in [2.24, 2.45) is 5.92 Å². The average molecular weight is 369 g/mol. The first-order valence-electron chi connectivity index (χ1n) is 8.91. The Labute approximate surface area is 158 Å². The van der Waals surface area contributed by atoms with Crippen molar-refractivity contribution < 1.29 is 19.1 Å². The molecule has 1 aliphatic heterocycles. The Balaban J connectivity index is 1.47. The van der Waals surface area contributed by atoms with E-state index in [-0.39, 0.29) is 18.4 Å². The van der Waals surface area contributed by atoms with Crippen LogP contribution in [0.4, 0.5) is 11.4 Å². The zero-order valence-corrected chi connectivity index (χ0v) is 15.3. The number of hydrogen-bond acceptors (Lipinski definition) is 6. The fourth-order valence-electron chi connectivity index (χ4n) is 3.03. The second-order valence-corrected chi connectivity index (χ2v) is 6.35. The zero-order valence-electron chi connectivity index (χ0n) is 15.3. The lowest BCUT2D eigenvalue weighted by Crippen LogP contribution is -2.38. The van der Waals surface area contributed by atoms with Gasteiger partial charge in [0.05, 0.1) is 7.11 Å². The lowest BCUT2D eigenvalue weighted by Gasteiger charge is -2.32. The number of ether oxygens (including phenoxy) is 2. The van der Waals surface area contributed by atoms with E-state index in [1.807, 2.05) is 12.1 Å². The number of benzene rings is 1. The van der Waals surface area contributed by atoms with E-state index in [1.165, 1.54) is 7.11 Å². The minimum absolute atomic E-state index is 0.00154. The van der Waals surface area contributed by atoms with Gasteiger partial charge in [-0.2, -0.15) is 0 Å². The van der Waals surface area contributed by atoms with Gasteiger partial charge in [-0.15, -0.1) is 0 Å². The van der Waals surface area contributed by atoms with Crippen LogP contribution in [-0.2, 0) is 14.3 Å². The Hall–Kier alpha value is -3.09.